The second-order valence-corrected chi connectivity index (χ2v) is 14.1. The molecule has 194 valence electrons. The first-order valence-corrected chi connectivity index (χ1v) is 14.8. The van der Waals surface area contributed by atoms with Crippen molar-refractivity contribution in [1.82, 2.24) is 9.80 Å². The van der Waals surface area contributed by atoms with Crippen LogP contribution in [0.2, 0.25) is 0 Å². The largest absolute Gasteiger partial charge is 0.359 e. The molecule has 2 bridgehead atoms. The minimum absolute atomic E-state index is 0.0184. The fourth-order valence-corrected chi connectivity index (χ4v) is 9.88. The Balaban J connectivity index is 1.21. The van der Waals surface area contributed by atoms with Crippen LogP contribution >= 0.6 is 0 Å². The van der Waals surface area contributed by atoms with Crippen LogP contribution in [-0.2, 0) is 4.74 Å². The van der Waals surface area contributed by atoms with Gasteiger partial charge in [-0.15, -0.1) is 0 Å². The molecule has 35 heavy (non-hydrogen) atoms. The molecule has 0 N–H and O–H groups in total. The lowest BCUT2D eigenvalue weighted by Crippen LogP contribution is -2.54. The number of allylic oxidation sites excluding steroid dienone is 1. The standard InChI is InChI=1S/C32H50N2O/c1-22(7-8-24-14-18-34(6)21-23(24)2)28-11-12-29-30(28,3)15-13-26-19-25-9-10-27(33(4)5)20-31(25)16-17-32(26,29)35-31/h9-10,13,19,22-24,27-29H,7-8,11-12,14-18,20-21H2,1-6H3/t22-,23-,24-,27-,28-,29-,30-,31-,32-/m1/s1. The van der Waals surface area contributed by atoms with Crippen molar-refractivity contribution in [3.05, 3.63) is 35.5 Å². The molecular formula is C32H50N2O. The monoisotopic (exact) mass is 478 g/mol. The van der Waals surface area contributed by atoms with E-state index in [1.165, 1.54) is 75.6 Å². The lowest BCUT2D eigenvalue weighted by Gasteiger charge is -2.54. The molecule has 3 heterocycles. The second-order valence-electron chi connectivity index (χ2n) is 14.1. The molecule has 3 aliphatic heterocycles. The first-order chi connectivity index (χ1) is 16.7. The molecule has 9 atom stereocenters. The first-order valence-electron chi connectivity index (χ1n) is 14.8. The minimum atomic E-state index is -0.0484. The highest BCUT2D eigenvalue weighted by molar-refractivity contribution is 5.51. The number of piperidine rings is 1. The van der Waals surface area contributed by atoms with Crippen molar-refractivity contribution in [3.63, 3.8) is 0 Å². The maximum Gasteiger partial charge on any atom is 0.0975 e. The van der Waals surface area contributed by atoms with Gasteiger partial charge in [-0.1, -0.05) is 51.5 Å². The average molecular weight is 479 g/mol. The van der Waals surface area contributed by atoms with Crippen LogP contribution in [0.25, 0.3) is 0 Å². The van der Waals surface area contributed by atoms with E-state index >= 15 is 0 Å². The van der Waals surface area contributed by atoms with Crippen LogP contribution in [0.4, 0.5) is 0 Å². The number of likely N-dealkylation sites (N-methyl/N-ethyl adjacent to an activating group) is 1. The van der Waals surface area contributed by atoms with E-state index in [1.54, 1.807) is 0 Å². The summed E-state index contributed by atoms with van der Waals surface area (Å²) < 4.78 is 7.43. The molecule has 0 aromatic rings. The van der Waals surface area contributed by atoms with Gasteiger partial charge in [-0.2, -0.15) is 0 Å². The van der Waals surface area contributed by atoms with Crippen LogP contribution in [0, 0.1) is 35.0 Å². The normalized spacial score (nSPS) is 47.7. The van der Waals surface area contributed by atoms with Crippen LogP contribution in [0.15, 0.2) is 35.5 Å². The molecule has 3 nitrogen and oxygen atoms in total. The maximum atomic E-state index is 7.43. The molecule has 3 aliphatic carbocycles. The van der Waals surface area contributed by atoms with Crippen molar-refractivity contribution in [2.45, 2.75) is 95.8 Å². The van der Waals surface area contributed by atoms with Gasteiger partial charge in [-0.3, -0.25) is 0 Å². The van der Waals surface area contributed by atoms with Gasteiger partial charge in [0.05, 0.1) is 11.2 Å². The van der Waals surface area contributed by atoms with Crippen molar-refractivity contribution in [2.24, 2.45) is 35.0 Å². The van der Waals surface area contributed by atoms with Crippen LogP contribution < -0.4 is 0 Å². The number of hydrogen-bond acceptors (Lipinski definition) is 3. The van der Waals surface area contributed by atoms with E-state index in [0.717, 1.165) is 30.1 Å². The highest BCUT2D eigenvalue weighted by atomic mass is 16.5. The van der Waals surface area contributed by atoms with Crippen LogP contribution in [0.1, 0.15) is 78.6 Å². The molecule has 3 heteroatoms. The van der Waals surface area contributed by atoms with E-state index in [1.807, 2.05) is 0 Å². The fourth-order valence-electron chi connectivity index (χ4n) is 9.88. The highest BCUT2D eigenvalue weighted by Crippen LogP contribution is 2.68. The number of ether oxygens (including phenoxy) is 1. The van der Waals surface area contributed by atoms with Crippen molar-refractivity contribution in [1.29, 1.82) is 0 Å². The fraction of sp³-hybridized carbons (Fsp3) is 0.812. The van der Waals surface area contributed by atoms with Crippen molar-refractivity contribution in [2.75, 3.05) is 34.2 Å². The van der Waals surface area contributed by atoms with E-state index in [4.69, 9.17) is 4.74 Å². The summed E-state index contributed by atoms with van der Waals surface area (Å²) in [6, 6.07) is 0.487. The Morgan fingerprint density at radius 2 is 2.00 bits per heavy atom. The Labute approximate surface area is 215 Å². The summed E-state index contributed by atoms with van der Waals surface area (Å²) in [4.78, 5) is 4.89. The molecule has 2 spiro atoms. The summed E-state index contributed by atoms with van der Waals surface area (Å²) >= 11 is 0. The molecule has 3 fully saturated rings. The molecule has 0 aromatic heterocycles. The Morgan fingerprint density at radius 1 is 1.17 bits per heavy atom. The number of fused-ring (bicyclic) bond motifs is 1. The number of nitrogens with zero attached hydrogens (tertiary/aromatic N) is 2. The predicted molar refractivity (Wildman–Crippen MR) is 145 cm³/mol. The molecule has 0 amide bonds. The summed E-state index contributed by atoms with van der Waals surface area (Å²) in [6.07, 6.45) is 21.8. The Bertz CT molecular complexity index is 934. The third kappa shape index (κ3) is 3.69. The zero-order valence-corrected chi connectivity index (χ0v) is 23.4. The molecule has 2 saturated heterocycles. The second kappa shape index (κ2) is 8.57. The summed E-state index contributed by atoms with van der Waals surface area (Å²) in [5, 5.41) is 0. The van der Waals surface area contributed by atoms with Gasteiger partial charge in [-0.25, -0.2) is 0 Å². The lowest BCUT2D eigenvalue weighted by molar-refractivity contribution is -0.136. The smallest absolute Gasteiger partial charge is 0.0975 e. The van der Waals surface area contributed by atoms with E-state index in [9.17, 15) is 0 Å². The summed E-state index contributed by atoms with van der Waals surface area (Å²) in [6.45, 7) is 10.3. The van der Waals surface area contributed by atoms with Gasteiger partial charge in [0.15, 0.2) is 0 Å². The Hall–Kier alpha value is -0.900. The van der Waals surface area contributed by atoms with E-state index in [0.29, 0.717) is 17.4 Å². The highest BCUT2D eigenvalue weighted by Gasteiger charge is 2.66. The van der Waals surface area contributed by atoms with Gasteiger partial charge < -0.3 is 14.5 Å². The third-order valence-electron chi connectivity index (χ3n) is 12.0. The summed E-state index contributed by atoms with van der Waals surface area (Å²) in [5.74, 6) is 4.13. The van der Waals surface area contributed by atoms with Crippen molar-refractivity contribution in [3.8, 4) is 0 Å². The third-order valence-corrected chi connectivity index (χ3v) is 12.0. The van der Waals surface area contributed by atoms with Crippen molar-refractivity contribution < 1.29 is 4.74 Å². The van der Waals surface area contributed by atoms with Gasteiger partial charge in [0.2, 0.25) is 0 Å². The van der Waals surface area contributed by atoms with Crippen LogP contribution in [0.5, 0.6) is 0 Å². The predicted octanol–water partition coefficient (Wildman–Crippen LogP) is 6.47. The van der Waals surface area contributed by atoms with Gasteiger partial charge in [-0.05, 0) is 125 Å². The number of likely N-dealkylation sites (tertiary alicyclic amines) is 1. The topological polar surface area (TPSA) is 15.7 Å². The quantitative estimate of drug-likeness (QED) is 0.450. The van der Waals surface area contributed by atoms with Gasteiger partial charge in [0.1, 0.15) is 0 Å². The van der Waals surface area contributed by atoms with Crippen molar-refractivity contribution >= 4 is 0 Å². The molecule has 0 aromatic carbocycles. The summed E-state index contributed by atoms with van der Waals surface area (Å²) in [7, 11) is 6.72. The average Bonchev–Trinajstić information content (AvgIpc) is 3.33. The van der Waals surface area contributed by atoms with Crippen LogP contribution in [-0.4, -0.2) is 61.3 Å². The molecule has 1 saturated carbocycles. The SMILES string of the molecule is C[C@@H]1CN(C)CC[C@H]1CC[C@@H](C)[C@H]1CC[C@@H]2[C@]1(C)CC=C1C=C3C=C[C@@H](N(C)C)C[C@]34CC[C@@]12O4. The Morgan fingerprint density at radius 3 is 2.77 bits per heavy atom. The van der Waals surface area contributed by atoms with E-state index < -0.39 is 0 Å². The zero-order valence-electron chi connectivity index (χ0n) is 23.4. The molecule has 0 radical (unpaired) electrons. The number of hydrogen-bond donors (Lipinski definition) is 0. The Kier molecular flexibility index (Phi) is 5.98. The molecule has 6 aliphatic rings. The molecular weight excluding hydrogens is 428 g/mol. The number of rotatable bonds is 5. The summed E-state index contributed by atoms with van der Waals surface area (Å²) in [5.41, 5.74) is 3.31. The lowest BCUT2D eigenvalue weighted by atomic mass is 9.57. The van der Waals surface area contributed by atoms with Gasteiger partial charge >= 0.3 is 0 Å². The minimum Gasteiger partial charge on any atom is -0.359 e. The first kappa shape index (κ1) is 24.4. The van der Waals surface area contributed by atoms with E-state index in [2.05, 4.69) is 76.0 Å². The maximum absolute atomic E-state index is 7.43. The van der Waals surface area contributed by atoms with Crippen LogP contribution in [0.3, 0.4) is 0 Å². The molecule has 6 rings (SSSR count). The molecule has 0 unspecified atom stereocenters. The van der Waals surface area contributed by atoms with E-state index in [-0.39, 0.29) is 11.2 Å². The zero-order chi connectivity index (χ0) is 24.6. The van der Waals surface area contributed by atoms with Gasteiger partial charge in [0, 0.05) is 12.6 Å². The van der Waals surface area contributed by atoms with Gasteiger partial charge in [0.25, 0.3) is 0 Å².